The van der Waals surface area contributed by atoms with Gasteiger partial charge in [-0.15, -0.1) is 21.5 Å². The predicted octanol–water partition coefficient (Wildman–Crippen LogP) is 1.47. The van der Waals surface area contributed by atoms with E-state index in [-0.39, 0.29) is 12.2 Å². The van der Waals surface area contributed by atoms with E-state index in [4.69, 9.17) is 11.6 Å². The molecule has 3 heterocycles. The van der Waals surface area contributed by atoms with Crippen molar-refractivity contribution < 1.29 is 4.79 Å². The molecule has 0 spiro atoms. The minimum atomic E-state index is -0.447. The van der Waals surface area contributed by atoms with E-state index in [2.05, 4.69) is 25.5 Å². The van der Waals surface area contributed by atoms with Gasteiger partial charge in [0.15, 0.2) is 5.01 Å². The highest BCUT2D eigenvalue weighted by Crippen LogP contribution is 2.26. The van der Waals surface area contributed by atoms with E-state index in [1.165, 1.54) is 33.9 Å². The summed E-state index contributed by atoms with van der Waals surface area (Å²) in [6.07, 6.45) is 3.09. The van der Waals surface area contributed by atoms with Gasteiger partial charge in [0, 0.05) is 11.9 Å². The van der Waals surface area contributed by atoms with Crippen molar-refractivity contribution >= 4 is 34.3 Å². The monoisotopic (exact) mass is 402 g/mol. The number of hydrogen-bond acceptors (Lipinski definition) is 10. The number of nitrogens with zero attached hydrogens (tertiary/aromatic N) is 5. The van der Waals surface area contributed by atoms with Crippen LogP contribution in [0.1, 0.15) is 16.4 Å². The second-order valence-electron chi connectivity index (χ2n) is 5.60. The molecule has 0 fully saturated rings. The molecule has 0 atom stereocenters. The number of nitrogens with two attached hydrogens (primary N) is 2. The fourth-order valence-corrected chi connectivity index (χ4v) is 3.69. The van der Waals surface area contributed by atoms with Gasteiger partial charge >= 0.3 is 0 Å². The summed E-state index contributed by atoms with van der Waals surface area (Å²) in [5.41, 5.74) is 9.84. The van der Waals surface area contributed by atoms with Gasteiger partial charge in [-0.05, 0) is 26.0 Å². The van der Waals surface area contributed by atoms with Gasteiger partial charge in [0.1, 0.15) is 10.7 Å². The van der Waals surface area contributed by atoms with E-state index in [1.807, 2.05) is 26.0 Å². The molecule has 0 unspecified atom stereocenters. The van der Waals surface area contributed by atoms with Crippen molar-refractivity contribution in [2.45, 2.75) is 20.4 Å². The summed E-state index contributed by atoms with van der Waals surface area (Å²) in [4.78, 5) is 21.5. The second kappa shape index (κ2) is 8.20. The largest absolute Gasteiger partial charge is 0.393 e. The van der Waals surface area contributed by atoms with Gasteiger partial charge in [0.2, 0.25) is 0 Å². The highest BCUT2D eigenvalue weighted by atomic mass is 32.1. The number of aryl methyl sites for hydroxylation is 2. The third-order valence-electron chi connectivity index (χ3n) is 3.53. The molecular weight excluding hydrogens is 384 g/mol. The lowest BCUT2D eigenvalue weighted by atomic mass is 10.2. The average molecular weight is 403 g/mol. The summed E-state index contributed by atoms with van der Waals surface area (Å²) in [5, 5.41) is 13.6. The molecule has 140 valence electrons. The van der Waals surface area contributed by atoms with Crippen LogP contribution < -0.4 is 21.9 Å². The summed E-state index contributed by atoms with van der Waals surface area (Å²) in [7, 11) is 0. The van der Waals surface area contributed by atoms with Gasteiger partial charge in [-0.3, -0.25) is 19.8 Å². The molecule has 1 amide bonds. The maximum atomic E-state index is 12.2. The molecular formula is C16H18N8OS2. The van der Waals surface area contributed by atoms with Crippen LogP contribution in [0.15, 0.2) is 35.7 Å². The number of thiazole rings is 1. The minimum Gasteiger partial charge on any atom is -0.393 e. The molecule has 0 bridgehead atoms. The van der Waals surface area contributed by atoms with E-state index in [9.17, 15) is 4.79 Å². The zero-order valence-corrected chi connectivity index (χ0v) is 16.3. The SMILES string of the molecule is Cc1ccc(N(N)/C=C(\N)C(=O)NCc2nnc(-c3cncs3)s2)c(C)n1. The third kappa shape index (κ3) is 4.64. The van der Waals surface area contributed by atoms with Crippen LogP contribution in [-0.4, -0.2) is 26.1 Å². The number of pyridine rings is 1. The third-order valence-corrected chi connectivity index (χ3v) is 5.39. The topological polar surface area (TPSA) is 136 Å². The fourth-order valence-electron chi connectivity index (χ4n) is 2.23. The molecule has 3 aromatic heterocycles. The Labute approximate surface area is 163 Å². The molecule has 0 aromatic carbocycles. The molecule has 0 aliphatic carbocycles. The van der Waals surface area contributed by atoms with Crippen LogP contribution in [0.3, 0.4) is 0 Å². The van der Waals surface area contributed by atoms with Crippen LogP contribution in [0, 0.1) is 13.8 Å². The first-order valence-electron chi connectivity index (χ1n) is 7.89. The van der Waals surface area contributed by atoms with Gasteiger partial charge in [-0.2, -0.15) is 0 Å². The van der Waals surface area contributed by atoms with Crippen LogP contribution in [0.4, 0.5) is 5.69 Å². The first-order valence-corrected chi connectivity index (χ1v) is 9.58. The molecule has 0 saturated heterocycles. The number of aromatic nitrogens is 4. The molecule has 3 rings (SSSR count). The Morgan fingerprint density at radius 2 is 2.15 bits per heavy atom. The van der Waals surface area contributed by atoms with Gasteiger partial charge in [0.05, 0.1) is 34.5 Å². The number of rotatable bonds is 6. The Balaban J connectivity index is 1.61. The Morgan fingerprint density at radius 1 is 1.33 bits per heavy atom. The molecule has 9 nitrogen and oxygen atoms in total. The van der Waals surface area contributed by atoms with E-state index >= 15 is 0 Å². The van der Waals surface area contributed by atoms with Crippen molar-refractivity contribution in [3.05, 3.63) is 52.1 Å². The number of hydrogen-bond donors (Lipinski definition) is 3. The molecule has 5 N–H and O–H groups in total. The summed E-state index contributed by atoms with van der Waals surface area (Å²) in [5.74, 6) is 5.53. The second-order valence-corrected chi connectivity index (χ2v) is 7.55. The van der Waals surface area contributed by atoms with E-state index in [0.717, 1.165) is 21.3 Å². The number of carbonyl (C=O) groups excluding carboxylic acids is 1. The van der Waals surface area contributed by atoms with Gasteiger partial charge in [0.25, 0.3) is 5.91 Å². The quantitative estimate of drug-likeness (QED) is 0.320. The van der Waals surface area contributed by atoms with Gasteiger partial charge in [-0.1, -0.05) is 11.3 Å². The van der Waals surface area contributed by atoms with E-state index in [1.54, 1.807) is 11.7 Å². The van der Waals surface area contributed by atoms with Crippen molar-refractivity contribution in [1.29, 1.82) is 0 Å². The Morgan fingerprint density at radius 3 is 2.85 bits per heavy atom. The molecule has 0 aliphatic rings. The molecule has 11 heteroatoms. The predicted molar refractivity (Wildman–Crippen MR) is 106 cm³/mol. The maximum absolute atomic E-state index is 12.2. The van der Waals surface area contributed by atoms with Crippen LogP contribution in [0.25, 0.3) is 9.88 Å². The molecule has 0 aliphatic heterocycles. The smallest absolute Gasteiger partial charge is 0.269 e. The number of nitrogens with one attached hydrogen (secondary N) is 1. The Kier molecular flexibility index (Phi) is 5.74. The van der Waals surface area contributed by atoms with Crippen LogP contribution in [-0.2, 0) is 11.3 Å². The Hall–Kier alpha value is -2.89. The lowest BCUT2D eigenvalue weighted by molar-refractivity contribution is -0.117. The highest BCUT2D eigenvalue weighted by molar-refractivity contribution is 7.20. The standard InChI is InChI=1S/C16H18N8OS2/c1-9-3-4-12(10(2)21-9)24(18)7-11(17)15(25)20-6-14-22-23-16(27-14)13-5-19-8-26-13/h3-5,7-8H,6,17-18H2,1-2H3,(H,20,25)/b11-7-. The normalized spacial score (nSPS) is 11.4. The van der Waals surface area contributed by atoms with Crippen molar-refractivity contribution in [3.63, 3.8) is 0 Å². The number of carbonyl (C=O) groups is 1. The maximum Gasteiger partial charge on any atom is 0.269 e. The van der Waals surface area contributed by atoms with Crippen LogP contribution in [0.2, 0.25) is 0 Å². The highest BCUT2D eigenvalue weighted by Gasteiger charge is 2.12. The number of hydrazine groups is 1. The minimum absolute atomic E-state index is 0.0235. The lowest BCUT2D eigenvalue weighted by Gasteiger charge is -2.17. The van der Waals surface area contributed by atoms with Crippen LogP contribution in [0.5, 0.6) is 0 Å². The lowest BCUT2D eigenvalue weighted by Crippen LogP contribution is -2.33. The zero-order chi connectivity index (χ0) is 19.4. The van der Waals surface area contributed by atoms with Crippen molar-refractivity contribution in [2.75, 3.05) is 5.01 Å². The van der Waals surface area contributed by atoms with Crippen molar-refractivity contribution in [2.24, 2.45) is 11.6 Å². The van der Waals surface area contributed by atoms with Crippen molar-refractivity contribution in [1.82, 2.24) is 25.5 Å². The first-order chi connectivity index (χ1) is 12.9. The first kappa shape index (κ1) is 18.9. The molecule has 27 heavy (non-hydrogen) atoms. The fraction of sp³-hybridized carbons (Fsp3) is 0.188. The van der Waals surface area contributed by atoms with E-state index < -0.39 is 5.91 Å². The Bertz CT molecular complexity index is 967. The van der Waals surface area contributed by atoms with Gasteiger partial charge in [-0.25, -0.2) is 5.84 Å². The van der Waals surface area contributed by atoms with Crippen LogP contribution >= 0.6 is 22.7 Å². The summed E-state index contributed by atoms with van der Waals surface area (Å²) in [6.45, 7) is 3.95. The summed E-state index contributed by atoms with van der Waals surface area (Å²) >= 11 is 2.87. The number of anilines is 1. The molecule has 0 saturated carbocycles. The summed E-state index contributed by atoms with van der Waals surface area (Å²) < 4.78 is 0. The number of amides is 1. The molecule has 0 radical (unpaired) electrons. The van der Waals surface area contributed by atoms with Gasteiger partial charge < -0.3 is 11.1 Å². The van der Waals surface area contributed by atoms with E-state index in [0.29, 0.717) is 10.7 Å². The van der Waals surface area contributed by atoms with Crippen molar-refractivity contribution in [3.8, 4) is 9.88 Å². The molecule has 3 aromatic rings. The zero-order valence-electron chi connectivity index (χ0n) is 14.7. The average Bonchev–Trinajstić information content (AvgIpc) is 3.30. The summed E-state index contributed by atoms with van der Waals surface area (Å²) in [6, 6.07) is 3.66.